The van der Waals surface area contributed by atoms with Crippen LogP contribution in [0.5, 0.6) is 0 Å². The number of methoxy groups -OCH3 is 1. The molecule has 3 aromatic carbocycles. The molecule has 1 N–H and O–H groups in total. The molecule has 0 unspecified atom stereocenters. The van der Waals surface area contributed by atoms with Crippen LogP contribution in [0.4, 0.5) is 5.69 Å². The number of hydrogen-bond donors (Lipinski definition) is 1. The monoisotopic (exact) mass is 426 g/mol. The Morgan fingerprint density at radius 2 is 1.84 bits per heavy atom. The second-order valence-corrected chi connectivity index (χ2v) is 7.49. The zero-order valence-electron chi connectivity index (χ0n) is 17.8. The number of esters is 1. The normalized spacial score (nSPS) is 11.2. The van der Waals surface area contributed by atoms with E-state index in [1.165, 1.54) is 7.11 Å². The molecule has 4 aromatic rings. The van der Waals surface area contributed by atoms with E-state index in [2.05, 4.69) is 9.56 Å². The zero-order valence-corrected chi connectivity index (χ0v) is 17.8. The van der Waals surface area contributed by atoms with Crippen molar-refractivity contribution in [1.29, 1.82) is 0 Å². The maximum atomic E-state index is 11.9. The molecular weight excluding hydrogens is 404 g/mol. The first-order valence-electron chi connectivity index (χ1n) is 10.1. The molecule has 160 valence electrons. The van der Waals surface area contributed by atoms with E-state index in [0.29, 0.717) is 17.8 Å². The molecule has 1 aromatic heterocycles. The highest BCUT2D eigenvalue weighted by Gasteiger charge is 2.10. The van der Waals surface area contributed by atoms with Gasteiger partial charge in [-0.05, 0) is 48.4 Å². The highest BCUT2D eigenvalue weighted by atomic mass is 16.5. The molecule has 0 aliphatic carbocycles. The smallest absolute Gasteiger partial charge is 0.337 e. The molecule has 6 nitrogen and oxygen atoms in total. The third-order valence-electron chi connectivity index (χ3n) is 5.32. The van der Waals surface area contributed by atoms with Crippen molar-refractivity contribution in [2.45, 2.75) is 13.5 Å². The highest BCUT2D eigenvalue weighted by molar-refractivity contribution is 6.00. The van der Waals surface area contributed by atoms with E-state index < -0.39 is 5.97 Å². The van der Waals surface area contributed by atoms with Crippen LogP contribution in [0.3, 0.4) is 0 Å². The van der Waals surface area contributed by atoms with E-state index in [0.717, 1.165) is 27.6 Å². The fourth-order valence-corrected chi connectivity index (χ4v) is 3.64. The fourth-order valence-electron chi connectivity index (χ4n) is 3.64. The molecule has 0 amide bonds. The minimum atomic E-state index is -0.979. The lowest BCUT2D eigenvalue weighted by Gasteiger charge is -2.07. The molecule has 0 saturated carbocycles. The molecule has 0 fully saturated rings. The number of aliphatic imine (C=N–C) groups is 1. The Morgan fingerprint density at radius 3 is 2.62 bits per heavy atom. The maximum Gasteiger partial charge on any atom is 0.337 e. The molecule has 32 heavy (non-hydrogen) atoms. The topological polar surface area (TPSA) is 80.9 Å². The summed E-state index contributed by atoms with van der Waals surface area (Å²) in [6.45, 7) is 2.47. The van der Waals surface area contributed by atoms with Gasteiger partial charge in [-0.25, -0.2) is 9.59 Å². The number of hydrogen-bond acceptors (Lipinski definition) is 4. The number of para-hydroxylation sites is 1. The first-order chi connectivity index (χ1) is 15.5. The van der Waals surface area contributed by atoms with Gasteiger partial charge in [0.15, 0.2) is 0 Å². The van der Waals surface area contributed by atoms with E-state index in [1.807, 2.05) is 55.6 Å². The third kappa shape index (κ3) is 4.30. The molecule has 1 heterocycles. The van der Waals surface area contributed by atoms with Crippen LogP contribution in [0, 0.1) is 6.92 Å². The minimum absolute atomic E-state index is 0.204. The van der Waals surface area contributed by atoms with Crippen molar-refractivity contribution in [2.75, 3.05) is 7.11 Å². The highest BCUT2D eigenvalue weighted by Crippen LogP contribution is 2.24. The van der Waals surface area contributed by atoms with Crippen LogP contribution < -0.4 is 0 Å². The first-order valence-corrected chi connectivity index (χ1v) is 10.1. The number of carbonyl (C=O) groups is 2. The summed E-state index contributed by atoms with van der Waals surface area (Å²) in [5, 5.41) is 10.3. The summed E-state index contributed by atoms with van der Waals surface area (Å²) in [7, 11) is 1.37. The number of aryl methyl sites for hydroxylation is 1. The summed E-state index contributed by atoms with van der Waals surface area (Å²) < 4.78 is 6.93. The molecule has 0 saturated heterocycles. The summed E-state index contributed by atoms with van der Waals surface area (Å²) in [6, 6.07) is 20.3. The second-order valence-electron chi connectivity index (χ2n) is 7.49. The molecule has 0 radical (unpaired) electrons. The third-order valence-corrected chi connectivity index (χ3v) is 5.32. The van der Waals surface area contributed by atoms with Crippen molar-refractivity contribution in [2.24, 2.45) is 4.99 Å². The lowest BCUT2D eigenvalue weighted by molar-refractivity contribution is 0.0599. The van der Waals surface area contributed by atoms with Gasteiger partial charge in [-0.1, -0.05) is 36.4 Å². The van der Waals surface area contributed by atoms with Gasteiger partial charge in [0.2, 0.25) is 0 Å². The maximum absolute atomic E-state index is 11.9. The predicted molar refractivity (Wildman–Crippen MR) is 124 cm³/mol. The van der Waals surface area contributed by atoms with Gasteiger partial charge in [0.25, 0.3) is 0 Å². The van der Waals surface area contributed by atoms with Gasteiger partial charge in [0, 0.05) is 35.4 Å². The Labute approximate surface area is 185 Å². The Bertz CT molecular complexity index is 1350. The molecule has 0 aliphatic heterocycles. The van der Waals surface area contributed by atoms with E-state index in [1.54, 1.807) is 30.5 Å². The van der Waals surface area contributed by atoms with Crippen molar-refractivity contribution in [3.63, 3.8) is 0 Å². The summed E-state index contributed by atoms with van der Waals surface area (Å²) in [5.74, 6) is -1.34. The average Bonchev–Trinajstić information content (AvgIpc) is 3.15. The molecular formula is C26H22N2O4. The fraction of sp³-hybridized carbons (Fsp3) is 0.115. The lowest BCUT2D eigenvalue weighted by atomic mass is 10.1. The predicted octanol–water partition coefficient (Wildman–Crippen LogP) is 5.23. The quantitative estimate of drug-likeness (QED) is 0.338. The van der Waals surface area contributed by atoms with Crippen LogP contribution in [0.2, 0.25) is 0 Å². The van der Waals surface area contributed by atoms with E-state index in [-0.39, 0.29) is 11.5 Å². The summed E-state index contributed by atoms with van der Waals surface area (Å²) >= 11 is 0. The summed E-state index contributed by atoms with van der Waals surface area (Å²) in [4.78, 5) is 27.7. The molecule has 4 rings (SSSR count). The van der Waals surface area contributed by atoms with Crippen molar-refractivity contribution in [1.82, 2.24) is 4.57 Å². The zero-order chi connectivity index (χ0) is 22.7. The molecule has 0 spiro atoms. The number of ether oxygens (including phenoxy) is 1. The Morgan fingerprint density at radius 1 is 1.03 bits per heavy atom. The van der Waals surface area contributed by atoms with E-state index in [4.69, 9.17) is 4.74 Å². The SMILES string of the molecule is COC(=O)c1cccc(Cn2cc(C=Nc3cc(C(=O)O)ccc3C)c3ccccc32)c1. The van der Waals surface area contributed by atoms with Crippen LogP contribution in [0.1, 0.15) is 37.4 Å². The van der Waals surface area contributed by atoms with Crippen molar-refractivity contribution in [3.8, 4) is 0 Å². The van der Waals surface area contributed by atoms with Gasteiger partial charge in [-0.15, -0.1) is 0 Å². The molecule has 0 aliphatic rings. The van der Waals surface area contributed by atoms with Crippen LogP contribution in [0.25, 0.3) is 10.9 Å². The van der Waals surface area contributed by atoms with Crippen molar-refractivity contribution < 1.29 is 19.4 Å². The number of nitrogens with zero attached hydrogens (tertiary/aromatic N) is 2. The van der Waals surface area contributed by atoms with Crippen LogP contribution in [0.15, 0.2) is 77.9 Å². The van der Waals surface area contributed by atoms with Gasteiger partial charge in [-0.3, -0.25) is 4.99 Å². The van der Waals surface area contributed by atoms with Crippen LogP contribution in [-0.2, 0) is 11.3 Å². The number of aromatic nitrogens is 1. The number of carboxylic acid groups (broad SMARTS) is 1. The van der Waals surface area contributed by atoms with Crippen molar-refractivity contribution in [3.05, 3.63) is 101 Å². The van der Waals surface area contributed by atoms with Gasteiger partial charge in [0.05, 0.1) is 23.9 Å². The number of carbonyl (C=O) groups excluding carboxylic acids is 1. The largest absolute Gasteiger partial charge is 0.478 e. The summed E-state index contributed by atoms with van der Waals surface area (Å²) in [5.41, 5.74) is 5.16. The number of aromatic carboxylic acids is 1. The first kappa shape index (κ1) is 21.1. The van der Waals surface area contributed by atoms with Gasteiger partial charge in [0.1, 0.15) is 0 Å². The standard InChI is InChI=1S/C26H22N2O4/c1-17-10-11-19(25(29)30)13-23(17)27-14-21-16-28(24-9-4-3-8-22(21)24)15-18-6-5-7-20(12-18)26(31)32-2/h3-14,16H,15H2,1-2H3,(H,29,30). The number of rotatable bonds is 6. The van der Waals surface area contributed by atoms with Gasteiger partial charge >= 0.3 is 11.9 Å². The van der Waals surface area contributed by atoms with Gasteiger partial charge < -0.3 is 14.4 Å². The number of fused-ring (bicyclic) bond motifs is 1. The lowest BCUT2D eigenvalue weighted by Crippen LogP contribution is -2.03. The van der Waals surface area contributed by atoms with Crippen LogP contribution in [-0.4, -0.2) is 34.9 Å². The Balaban J connectivity index is 1.70. The van der Waals surface area contributed by atoms with E-state index >= 15 is 0 Å². The number of carboxylic acids is 1. The second kappa shape index (κ2) is 8.89. The minimum Gasteiger partial charge on any atom is -0.478 e. The molecule has 0 bridgehead atoms. The Hall–Kier alpha value is -4.19. The average molecular weight is 426 g/mol. The van der Waals surface area contributed by atoms with E-state index in [9.17, 15) is 14.7 Å². The van der Waals surface area contributed by atoms with Crippen LogP contribution >= 0.6 is 0 Å². The molecule has 6 heteroatoms. The van der Waals surface area contributed by atoms with Gasteiger partial charge in [-0.2, -0.15) is 0 Å². The molecule has 0 atom stereocenters. The summed E-state index contributed by atoms with van der Waals surface area (Å²) in [6.07, 6.45) is 3.77. The Kier molecular flexibility index (Phi) is 5.85. The number of benzene rings is 3. The van der Waals surface area contributed by atoms with Crippen molar-refractivity contribution >= 4 is 34.7 Å².